The summed E-state index contributed by atoms with van der Waals surface area (Å²) < 4.78 is 0. The van der Waals surface area contributed by atoms with Crippen LogP contribution in [0.25, 0.3) is 10.6 Å². The van der Waals surface area contributed by atoms with Gasteiger partial charge in [-0.3, -0.25) is 0 Å². The first-order chi connectivity index (χ1) is 6.95. The summed E-state index contributed by atoms with van der Waals surface area (Å²) in [6.07, 6.45) is 5.03. The van der Waals surface area contributed by atoms with Gasteiger partial charge in [0.2, 0.25) is 0 Å². The Balaban J connectivity index is 2.24. The quantitative estimate of drug-likeness (QED) is 0.709. The Bertz CT molecular complexity index is 490. The first kappa shape index (κ1) is 7.64. The molecule has 0 aromatic carbocycles. The lowest BCUT2D eigenvalue weighted by Gasteiger charge is -2.00. The highest BCUT2D eigenvalue weighted by molar-refractivity contribution is 7.13. The standard InChI is InChI=1S/C9H5N4S/c1-2-10-8-7(12-5-13-8)6(1)9-11-3-4-14-9/h1-5H. The second-order valence-electron chi connectivity index (χ2n) is 2.74. The molecule has 1 aliphatic rings. The van der Waals surface area contributed by atoms with Crippen LogP contribution in [0, 0.1) is 0 Å². The van der Waals surface area contributed by atoms with Gasteiger partial charge >= 0.3 is 0 Å². The zero-order valence-electron chi connectivity index (χ0n) is 7.08. The highest BCUT2D eigenvalue weighted by Gasteiger charge is 2.15. The van der Waals surface area contributed by atoms with Crippen LogP contribution in [0.4, 0.5) is 11.5 Å². The minimum atomic E-state index is 0.678. The Hall–Kier alpha value is -1.75. The molecule has 1 radical (unpaired) electrons. The van der Waals surface area contributed by atoms with E-state index in [-0.39, 0.29) is 0 Å². The van der Waals surface area contributed by atoms with E-state index in [1.165, 1.54) is 6.34 Å². The van der Waals surface area contributed by atoms with Gasteiger partial charge in [-0.1, -0.05) is 0 Å². The number of aromatic nitrogens is 2. The number of thiazole rings is 1. The number of rotatable bonds is 1. The second kappa shape index (κ2) is 2.88. The van der Waals surface area contributed by atoms with E-state index in [2.05, 4.69) is 20.3 Å². The summed E-state index contributed by atoms with van der Waals surface area (Å²) >= 11 is 1.59. The molecule has 0 saturated carbocycles. The minimum Gasteiger partial charge on any atom is -0.244 e. The van der Waals surface area contributed by atoms with Crippen molar-refractivity contribution in [2.24, 2.45) is 4.99 Å². The molecule has 3 rings (SSSR count). The summed E-state index contributed by atoms with van der Waals surface area (Å²) in [5, 5.41) is 6.94. The predicted octanol–water partition coefficient (Wildman–Crippen LogP) is 2.11. The van der Waals surface area contributed by atoms with E-state index in [0.717, 1.165) is 16.3 Å². The number of hydrogen-bond acceptors (Lipinski definition) is 4. The molecule has 0 fully saturated rings. The van der Waals surface area contributed by atoms with Crippen molar-refractivity contribution in [1.82, 2.24) is 15.3 Å². The van der Waals surface area contributed by atoms with Crippen molar-refractivity contribution >= 4 is 29.2 Å². The molecule has 0 saturated heterocycles. The summed E-state index contributed by atoms with van der Waals surface area (Å²) in [7, 11) is 0. The number of pyridine rings is 1. The molecule has 67 valence electrons. The van der Waals surface area contributed by atoms with Gasteiger partial charge in [-0.05, 0) is 6.07 Å². The summed E-state index contributed by atoms with van der Waals surface area (Å²) in [4.78, 5) is 12.5. The zero-order chi connectivity index (χ0) is 9.38. The van der Waals surface area contributed by atoms with E-state index in [9.17, 15) is 0 Å². The van der Waals surface area contributed by atoms with Crippen molar-refractivity contribution in [3.8, 4) is 10.6 Å². The topological polar surface area (TPSA) is 52.2 Å². The van der Waals surface area contributed by atoms with Crippen molar-refractivity contribution in [3.63, 3.8) is 0 Å². The molecule has 2 aromatic rings. The molecule has 0 aliphatic carbocycles. The number of aliphatic imine (C=N–C) groups is 1. The largest absolute Gasteiger partial charge is 0.244 e. The van der Waals surface area contributed by atoms with E-state index in [1.54, 1.807) is 23.7 Å². The molecule has 1 aliphatic heterocycles. The lowest BCUT2D eigenvalue weighted by atomic mass is 10.2. The van der Waals surface area contributed by atoms with Gasteiger partial charge < -0.3 is 0 Å². The Morgan fingerprint density at radius 3 is 3.00 bits per heavy atom. The van der Waals surface area contributed by atoms with Crippen LogP contribution >= 0.6 is 11.3 Å². The lowest BCUT2D eigenvalue weighted by Crippen LogP contribution is -1.88. The molecule has 0 N–H and O–H groups in total. The third-order valence-corrected chi connectivity index (χ3v) is 2.74. The average Bonchev–Trinajstić information content (AvgIpc) is 2.88. The maximum absolute atomic E-state index is 4.24. The van der Waals surface area contributed by atoms with Gasteiger partial charge in [-0.15, -0.1) is 11.3 Å². The fourth-order valence-corrected chi connectivity index (χ4v) is 2.00. The van der Waals surface area contributed by atoms with Crippen LogP contribution < -0.4 is 5.32 Å². The molecular weight excluding hydrogens is 196 g/mol. The molecule has 2 aromatic heterocycles. The van der Waals surface area contributed by atoms with Crippen LogP contribution in [0.1, 0.15) is 0 Å². The molecule has 0 spiro atoms. The van der Waals surface area contributed by atoms with E-state index in [4.69, 9.17) is 0 Å². The van der Waals surface area contributed by atoms with Gasteiger partial charge in [-0.25, -0.2) is 20.3 Å². The fourth-order valence-electron chi connectivity index (χ4n) is 1.34. The van der Waals surface area contributed by atoms with Crippen molar-refractivity contribution < 1.29 is 0 Å². The Kier molecular flexibility index (Phi) is 1.57. The van der Waals surface area contributed by atoms with E-state index >= 15 is 0 Å². The van der Waals surface area contributed by atoms with Gasteiger partial charge in [0.05, 0.1) is 0 Å². The monoisotopic (exact) mass is 201 g/mol. The van der Waals surface area contributed by atoms with Crippen LogP contribution in [0.3, 0.4) is 0 Å². The average molecular weight is 201 g/mol. The number of nitrogens with zero attached hydrogens (tertiary/aromatic N) is 4. The lowest BCUT2D eigenvalue weighted by molar-refractivity contribution is 1.20. The van der Waals surface area contributed by atoms with Crippen LogP contribution in [-0.4, -0.2) is 16.3 Å². The Labute approximate surface area is 84.4 Å². The number of hydrogen-bond donors (Lipinski definition) is 0. The molecule has 0 amide bonds. The molecule has 4 nitrogen and oxygen atoms in total. The third-order valence-electron chi connectivity index (χ3n) is 1.93. The Morgan fingerprint density at radius 2 is 2.14 bits per heavy atom. The summed E-state index contributed by atoms with van der Waals surface area (Å²) in [5.41, 5.74) is 1.82. The molecular formula is C9H5N4S. The van der Waals surface area contributed by atoms with Crippen molar-refractivity contribution in [2.45, 2.75) is 0 Å². The SMILES string of the molecule is C1=Nc2c(-c3nccs3)ccnc2[N]1. The molecule has 3 heterocycles. The van der Waals surface area contributed by atoms with Gasteiger partial charge in [0.1, 0.15) is 17.0 Å². The van der Waals surface area contributed by atoms with Gasteiger partial charge in [0.25, 0.3) is 0 Å². The maximum atomic E-state index is 4.24. The van der Waals surface area contributed by atoms with Crippen molar-refractivity contribution in [2.75, 3.05) is 0 Å². The zero-order valence-corrected chi connectivity index (χ0v) is 7.90. The van der Waals surface area contributed by atoms with Crippen LogP contribution in [0.15, 0.2) is 28.8 Å². The van der Waals surface area contributed by atoms with Gasteiger partial charge in [0.15, 0.2) is 5.82 Å². The molecule has 14 heavy (non-hydrogen) atoms. The summed E-state index contributed by atoms with van der Waals surface area (Å²) in [5.74, 6) is 0.678. The highest BCUT2D eigenvalue weighted by Crippen LogP contribution is 2.37. The smallest absolute Gasteiger partial charge is 0.180 e. The molecule has 5 heteroatoms. The molecule has 0 bridgehead atoms. The third kappa shape index (κ3) is 1.03. The molecule has 0 atom stereocenters. The number of fused-ring (bicyclic) bond motifs is 1. The second-order valence-corrected chi connectivity index (χ2v) is 3.64. The fraction of sp³-hybridized carbons (Fsp3) is 0. The summed E-state index contributed by atoms with van der Waals surface area (Å²) in [6, 6.07) is 1.91. The van der Waals surface area contributed by atoms with Gasteiger partial charge in [0, 0.05) is 23.3 Å². The van der Waals surface area contributed by atoms with E-state index in [0.29, 0.717) is 5.82 Å². The molecule has 0 unspecified atom stereocenters. The minimum absolute atomic E-state index is 0.678. The van der Waals surface area contributed by atoms with Crippen LogP contribution in [0.2, 0.25) is 0 Å². The van der Waals surface area contributed by atoms with E-state index < -0.39 is 0 Å². The van der Waals surface area contributed by atoms with Crippen LogP contribution in [-0.2, 0) is 0 Å². The highest BCUT2D eigenvalue weighted by atomic mass is 32.1. The Morgan fingerprint density at radius 1 is 1.14 bits per heavy atom. The normalized spacial score (nSPS) is 12.6. The summed E-state index contributed by atoms with van der Waals surface area (Å²) in [6.45, 7) is 0. The van der Waals surface area contributed by atoms with Crippen LogP contribution in [0.5, 0.6) is 0 Å². The first-order valence-corrected chi connectivity index (χ1v) is 4.95. The van der Waals surface area contributed by atoms with Crippen molar-refractivity contribution in [1.29, 1.82) is 0 Å². The first-order valence-electron chi connectivity index (χ1n) is 4.07. The van der Waals surface area contributed by atoms with Crippen molar-refractivity contribution in [3.05, 3.63) is 23.8 Å². The predicted molar refractivity (Wildman–Crippen MR) is 55.3 cm³/mol. The van der Waals surface area contributed by atoms with E-state index in [1.807, 2.05) is 11.4 Å². The maximum Gasteiger partial charge on any atom is 0.180 e. The van der Waals surface area contributed by atoms with Gasteiger partial charge in [-0.2, -0.15) is 0 Å².